The normalized spacial score (nSPS) is 10.1. The largest absolute Gasteiger partial charge is 0.481 e. The molecule has 102 valence electrons. The van der Waals surface area contributed by atoms with Crippen molar-refractivity contribution in [2.75, 3.05) is 0 Å². The summed E-state index contributed by atoms with van der Waals surface area (Å²) >= 11 is 0. The zero-order chi connectivity index (χ0) is 14.5. The Morgan fingerprint density at radius 3 is 2.50 bits per heavy atom. The number of pyridine rings is 1. The van der Waals surface area contributed by atoms with Gasteiger partial charge in [-0.15, -0.1) is 0 Å². The Morgan fingerprint density at radius 1 is 1.25 bits per heavy atom. The minimum atomic E-state index is -0.875. The standard InChI is InChI=1S/C15H13NO4/c1-10-12(9-17)4-7-14(16-10)20-13-5-2-11(3-6-13)8-15(18)19/h2-7,9H,8H2,1H3,(H,18,19). The molecule has 0 saturated carbocycles. The first-order valence-electron chi connectivity index (χ1n) is 6.00. The molecule has 0 fully saturated rings. The third-order valence-electron chi connectivity index (χ3n) is 2.73. The van der Waals surface area contributed by atoms with E-state index in [2.05, 4.69) is 4.98 Å². The summed E-state index contributed by atoms with van der Waals surface area (Å²) in [6, 6.07) is 10.0. The molecule has 5 nitrogen and oxygen atoms in total. The number of hydrogen-bond donors (Lipinski definition) is 1. The van der Waals surface area contributed by atoms with Crippen LogP contribution in [0.1, 0.15) is 21.6 Å². The number of carboxylic acids is 1. The number of carboxylic acid groups (broad SMARTS) is 1. The summed E-state index contributed by atoms with van der Waals surface area (Å²) in [5.74, 6) is 0.0735. The van der Waals surface area contributed by atoms with Crippen LogP contribution < -0.4 is 4.74 Å². The van der Waals surface area contributed by atoms with Gasteiger partial charge >= 0.3 is 5.97 Å². The average molecular weight is 271 g/mol. The predicted octanol–water partition coefficient (Wildman–Crippen LogP) is 2.62. The van der Waals surface area contributed by atoms with E-state index in [1.165, 1.54) is 0 Å². The molecule has 5 heteroatoms. The SMILES string of the molecule is Cc1nc(Oc2ccc(CC(=O)O)cc2)ccc1C=O. The van der Waals surface area contributed by atoms with E-state index in [0.29, 0.717) is 28.5 Å². The van der Waals surface area contributed by atoms with Crippen LogP contribution in [0.25, 0.3) is 0 Å². The summed E-state index contributed by atoms with van der Waals surface area (Å²) in [7, 11) is 0. The maximum Gasteiger partial charge on any atom is 0.307 e. The summed E-state index contributed by atoms with van der Waals surface area (Å²) in [5.41, 5.74) is 1.82. The number of ether oxygens (including phenoxy) is 1. The Bertz CT molecular complexity index is 635. The monoisotopic (exact) mass is 271 g/mol. The zero-order valence-electron chi connectivity index (χ0n) is 10.9. The van der Waals surface area contributed by atoms with Gasteiger partial charge in [-0.2, -0.15) is 0 Å². The molecular formula is C15H13NO4. The molecular weight excluding hydrogens is 258 g/mol. The first-order chi connectivity index (χ1) is 9.58. The van der Waals surface area contributed by atoms with E-state index in [1.54, 1.807) is 43.3 Å². The van der Waals surface area contributed by atoms with E-state index in [9.17, 15) is 9.59 Å². The first kappa shape index (κ1) is 13.7. The second kappa shape index (κ2) is 5.97. The van der Waals surface area contributed by atoms with E-state index >= 15 is 0 Å². The van der Waals surface area contributed by atoms with Gasteiger partial charge in [0.25, 0.3) is 0 Å². The average Bonchev–Trinajstić information content (AvgIpc) is 2.41. The molecule has 20 heavy (non-hydrogen) atoms. The molecule has 0 aliphatic rings. The molecule has 0 atom stereocenters. The molecule has 0 bridgehead atoms. The molecule has 2 aromatic rings. The maximum atomic E-state index is 10.7. The van der Waals surface area contributed by atoms with Crippen LogP contribution in [0.3, 0.4) is 0 Å². The van der Waals surface area contributed by atoms with Crippen molar-refractivity contribution in [3.63, 3.8) is 0 Å². The second-order valence-corrected chi connectivity index (χ2v) is 4.26. The van der Waals surface area contributed by atoms with Crippen LogP contribution in [0.4, 0.5) is 0 Å². The van der Waals surface area contributed by atoms with Crippen molar-refractivity contribution < 1.29 is 19.4 Å². The van der Waals surface area contributed by atoms with Crippen LogP contribution in [-0.2, 0) is 11.2 Å². The maximum absolute atomic E-state index is 10.7. The highest BCUT2D eigenvalue weighted by atomic mass is 16.5. The Labute approximate surface area is 115 Å². The number of hydrogen-bond acceptors (Lipinski definition) is 4. The highest BCUT2D eigenvalue weighted by Gasteiger charge is 2.04. The van der Waals surface area contributed by atoms with E-state index in [0.717, 1.165) is 6.29 Å². The second-order valence-electron chi connectivity index (χ2n) is 4.26. The molecule has 0 amide bonds. The molecule has 1 heterocycles. The van der Waals surface area contributed by atoms with Gasteiger partial charge in [0.15, 0.2) is 6.29 Å². The fourth-order valence-electron chi connectivity index (χ4n) is 1.70. The van der Waals surface area contributed by atoms with E-state index in [4.69, 9.17) is 9.84 Å². The lowest BCUT2D eigenvalue weighted by molar-refractivity contribution is -0.136. The molecule has 1 aromatic heterocycles. The molecule has 0 unspecified atom stereocenters. The zero-order valence-corrected chi connectivity index (χ0v) is 10.9. The van der Waals surface area contributed by atoms with Crippen molar-refractivity contribution in [1.29, 1.82) is 0 Å². The smallest absolute Gasteiger partial charge is 0.307 e. The fraction of sp³-hybridized carbons (Fsp3) is 0.133. The van der Waals surface area contributed by atoms with Crippen LogP contribution in [0.5, 0.6) is 11.6 Å². The summed E-state index contributed by atoms with van der Waals surface area (Å²) in [4.78, 5) is 25.4. The van der Waals surface area contributed by atoms with Crippen molar-refractivity contribution in [3.05, 3.63) is 53.2 Å². The summed E-state index contributed by atoms with van der Waals surface area (Å²) in [6.45, 7) is 1.73. The quantitative estimate of drug-likeness (QED) is 0.846. The highest BCUT2D eigenvalue weighted by molar-refractivity contribution is 5.76. The minimum absolute atomic E-state index is 0.0222. The van der Waals surface area contributed by atoms with Crippen molar-refractivity contribution >= 4 is 12.3 Å². The number of aromatic nitrogens is 1. The van der Waals surface area contributed by atoms with Crippen LogP contribution in [-0.4, -0.2) is 22.3 Å². The Balaban J connectivity index is 2.11. The lowest BCUT2D eigenvalue weighted by atomic mass is 10.1. The van der Waals surface area contributed by atoms with Crippen LogP contribution in [0.15, 0.2) is 36.4 Å². The van der Waals surface area contributed by atoms with Crippen LogP contribution in [0, 0.1) is 6.92 Å². The molecule has 2 rings (SSSR count). The van der Waals surface area contributed by atoms with Crippen LogP contribution >= 0.6 is 0 Å². The van der Waals surface area contributed by atoms with Crippen molar-refractivity contribution in [2.24, 2.45) is 0 Å². The fourth-order valence-corrected chi connectivity index (χ4v) is 1.70. The Hall–Kier alpha value is -2.69. The number of rotatable bonds is 5. The summed E-state index contributed by atoms with van der Waals surface area (Å²) < 4.78 is 5.54. The van der Waals surface area contributed by atoms with Gasteiger partial charge < -0.3 is 9.84 Å². The Kier molecular flexibility index (Phi) is 4.10. The van der Waals surface area contributed by atoms with Crippen molar-refractivity contribution in [3.8, 4) is 11.6 Å². The predicted molar refractivity (Wildman–Crippen MR) is 72.2 cm³/mol. The number of nitrogens with zero attached hydrogens (tertiary/aromatic N) is 1. The van der Waals surface area contributed by atoms with Gasteiger partial charge in [-0.1, -0.05) is 12.1 Å². The van der Waals surface area contributed by atoms with Gasteiger partial charge in [0.2, 0.25) is 5.88 Å². The van der Waals surface area contributed by atoms with Gasteiger partial charge in [-0.05, 0) is 30.7 Å². The number of benzene rings is 1. The third-order valence-corrected chi connectivity index (χ3v) is 2.73. The number of aldehydes is 1. The Morgan fingerprint density at radius 2 is 1.95 bits per heavy atom. The first-order valence-corrected chi connectivity index (χ1v) is 6.00. The van der Waals surface area contributed by atoms with Gasteiger partial charge in [0.1, 0.15) is 5.75 Å². The van der Waals surface area contributed by atoms with Gasteiger partial charge in [-0.3, -0.25) is 9.59 Å². The number of carbonyl (C=O) groups is 2. The molecule has 1 aromatic carbocycles. The summed E-state index contributed by atoms with van der Waals surface area (Å²) in [6.07, 6.45) is 0.721. The molecule has 0 spiro atoms. The van der Waals surface area contributed by atoms with Gasteiger partial charge in [-0.25, -0.2) is 4.98 Å². The van der Waals surface area contributed by atoms with Crippen LogP contribution in [0.2, 0.25) is 0 Å². The number of aliphatic carboxylic acids is 1. The van der Waals surface area contributed by atoms with Crippen molar-refractivity contribution in [2.45, 2.75) is 13.3 Å². The van der Waals surface area contributed by atoms with E-state index < -0.39 is 5.97 Å². The molecule has 0 radical (unpaired) electrons. The highest BCUT2D eigenvalue weighted by Crippen LogP contribution is 2.21. The lowest BCUT2D eigenvalue weighted by Gasteiger charge is -2.07. The minimum Gasteiger partial charge on any atom is -0.481 e. The number of carbonyl (C=O) groups excluding carboxylic acids is 1. The van der Waals surface area contributed by atoms with E-state index in [1.807, 2.05) is 0 Å². The molecule has 0 aliphatic heterocycles. The lowest BCUT2D eigenvalue weighted by Crippen LogP contribution is -1.99. The topological polar surface area (TPSA) is 76.5 Å². The third kappa shape index (κ3) is 3.41. The molecule has 1 N–H and O–H groups in total. The van der Waals surface area contributed by atoms with E-state index in [-0.39, 0.29) is 6.42 Å². The van der Waals surface area contributed by atoms with Gasteiger partial charge in [0.05, 0.1) is 12.1 Å². The van der Waals surface area contributed by atoms with Gasteiger partial charge in [0, 0.05) is 11.6 Å². The number of aryl methyl sites for hydroxylation is 1. The molecule has 0 aliphatic carbocycles. The van der Waals surface area contributed by atoms with Crippen molar-refractivity contribution in [1.82, 2.24) is 4.98 Å². The summed E-state index contributed by atoms with van der Waals surface area (Å²) in [5, 5.41) is 8.68. The molecule has 0 saturated heterocycles.